The van der Waals surface area contributed by atoms with Gasteiger partial charge in [0.25, 0.3) is 0 Å². The molecule has 0 saturated carbocycles. The van der Waals surface area contributed by atoms with Gasteiger partial charge in [-0.3, -0.25) is 0 Å². The van der Waals surface area contributed by atoms with E-state index in [4.69, 9.17) is 11.6 Å². The molecule has 0 aromatic heterocycles. The van der Waals surface area contributed by atoms with E-state index in [2.05, 4.69) is 0 Å². The third kappa shape index (κ3) is 2.82. The Balaban J connectivity index is 0.000000561. The molecule has 0 fully saturated rings. The van der Waals surface area contributed by atoms with Crippen LogP contribution >= 0.6 is 11.6 Å². The van der Waals surface area contributed by atoms with Crippen molar-refractivity contribution in [3.63, 3.8) is 0 Å². The molecule has 0 aliphatic heterocycles. The summed E-state index contributed by atoms with van der Waals surface area (Å²) in [6, 6.07) is 3.38. The Bertz CT molecular complexity index is 233. The molecule has 0 aliphatic rings. The fourth-order valence-electron chi connectivity index (χ4n) is 0.898. The van der Waals surface area contributed by atoms with E-state index < -0.39 is 0 Å². The fourth-order valence-corrected chi connectivity index (χ4v) is 1.22. The third-order valence-corrected chi connectivity index (χ3v) is 1.63. The van der Waals surface area contributed by atoms with Gasteiger partial charge in [0.1, 0.15) is 5.82 Å². The minimum absolute atomic E-state index is 0.206. The van der Waals surface area contributed by atoms with Gasteiger partial charge in [0, 0.05) is 0 Å². The van der Waals surface area contributed by atoms with Crippen molar-refractivity contribution in [3.8, 4) is 0 Å². The summed E-state index contributed by atoms with van der Waals surface area (Å²) in [6.45, 7) is 7.59. The minimum Gasteiger partial charge on any atom is -0.205 e. The van der Waals surface area contributed by atoms with Crippen LogP contribution in [-0.4, -0.2) is 0 Å². The lowest BCUT2D eigenvalue weighted by Gasteiger charge is -1.99. The molecule has 0 unspecified atom stereocenters. The second-order valence-corrected chi connectivity index (χ2v) is 2.78. The quantitative estimate of drug-likeness (QED) is 0.575. The lowest BCUT2D eigenvalue weighted by atomic mass is 10.1. The zero-order valence-electron chi connectivity index (χ0n) is 7.91. The first-order valence-corrected chi connectivity index (χ1v) is 4.41. The van der Waals surface area contributed by atoms with Gasteiger partial charge in [-0.1, -0.05) is 31.5 Å². The summed E-state index contributed by atoms with van der Waals surface area (Å²) in [7, 11) is 0. The van der Waals surface area contributed by atoms with E-state index in [0.29, 0.717) is 5.56 Å². The van der Waals surface area contributed by atoms with Crippen LogP contribution in [0.15, 0.2) is 12.1 Å². The van der Waals surface area contributed by atoms with E-state index in [1.165, 1.54) is 0 Å². The molecule has 0 saturated heterocycles. The maximum Gasteiger partial charge on any atom is 0.144 e. The van der Waals surface area contributed by atoms with Crippen LogP contribution in [0.25, 0.3) is 0 Å². The highest BCUT2D eigenvalue weighted by atomic mass is 35.5. The van der Waals surface area contributed by atoms with Crippen LogP contribution in [0.5, 0.6) is 0 Å². The molecule has 1 aromatic rings. The molecule has 1 rings (SSSR count). The summed E-state index contributed by atoms with van der Waals surface area (Å²) in [5, 5.41) is 0.206. The lowest BCUT2D eigenvalue weighted by Crippen LogP contribution is -1.84. The average Bonchev–Trinajstić information content (AvgIpc) is 2.04. The van der Waals surface area contributed by atoms with Crippen LogP contribution in [-0.2, 0) is 0 Å². The van der Waals surface area contributed by atoms with E-state index in [1.54, 1.807) is 19.1 Å². The molecule has 0 N–H and O–H groups in total. The largest absolute Gasteiger partial charge is 0.205 e. The predicted octanol–water partition coefficient (Wildman–Crippen LogP) is 4.12. The first-order chi connectivity index (χ1) is 5.61. The first-order valence-electron chi connectivity index (χ1n) is 4.03. The highest BCUT2D eigenvalue weighted by molar-refractivity contribution is 6.30. The fraction of sp³-hybridized carbons (Fsp3) is 0.400. The second kappa shape index (κ2) is 5.15. The van der Waals surface area contributed by atoms with Gasteiger partial charge in [0.2, 0.25) is 0 Å². The van der Waals surface area contributed by atoms with E-state index in [0.717, 1.165) is 5.56 Å². The number of hydrogen-bond acceptors (Lipinski definition) is 0. The van der Waals surface area contributed by atoms with E-state index in [9.17, 15) is 4.39 Å². The van der Waals surface area contributed by atoms with Crippen molar-refractivity contribution >= 4 is 11.6 Å². The summed E-state index contributed by atoms with van der Waals surface area (Å²) in [4.78, 5) is 0. The first kappa shape index (κ1) is 11.4. The zero-order chi connectivity index (χ0) is 9.72. The van der Waals surface area contributed by atoms with E-state index in [1.807, 2.05) is 20.8 Å². The van der Waals surface area contributed by atoms with Gasteiger partial charge in [0.05, 0.1) is 5.02 Å². The van der Waals surface area contributed by atoms with Crippen molar-refractivity contribution in [2.24, 2.45) is 0 Å². The number of halogens is 2. The topological polar surface area (TPSA) is 0 Å². The molecule has 0 heterocycles. The molecule has 0 aliphatic carbocycles. The summed E-state index contributed by atoms with van der Waals surface area (Å²) in [5.41, 5.74) is 1.59. The SMILES string of the molecule is CC.Cc1cc(C)c(F)c(Cl)c1. The Hall–Kier alpha value is -0.560. The van der Waals surface area contributed by atoms with Crippen LogP contribution in [0.4, 0.5) is 4.39 Å². The maximum absolute atomic E-state index is 12.8. The number of hydrogen-bond donors (Lipinski definition) is 0. The molecule has 0 atom stereocenters. The van der Waals surface area contributed by atoms with Gasteiger partial charge in [0.15, 0.2) is 0 Å². The smallest absolute Gasteiger partial charge is 0.144 e. The molecule has 1 aromatic carbocycles. The standard InChI is InChI=1S/C8H8ClF.C2H6/c1-5-3-6(2)8(10)7(9)4-5;1-2/h3-4H,1-2H3;1-2H3. The monoisotopic (exact) mass is 188 g/mol. The normalized spacial score (nSPS) is 8.83. The lowest BCUT2D eigenvalue weighted by molar-refractivity contribution is 0.618. The molecule has 12 heavy (non-hydrogen) atoms. The van der Waals surface area contributed by atoms with Gasteiger partial charge < -0.3 is 0 Å². The molecular weight excluding hydrogens is 175 g/mol. The molecule has 0 nitrogen and oxygen atoms in total. The van der Waals surface area contributed by atoms with Gasteiger partial charge in [-0.2, -0.15) is 0 Å². The number of rotatable bonds is 0. The van der Waals surface area contributed by atoms with Crippen molar-refractivity contribution < 1.29 is 4.39 Å². The van der Waals surface area contributed by atoms with Gasteiger partial charge in [-0.15, -0.1) is 0 Å². The Morgan fingerprint density at radius 1 is 1.17 bits per heavy atom. The molecule has 0 radical (unpaired) electrons. The maximum atomic E-state index is 12.8. The van der Waals surface area contributed by atoms with Crippen LogP contribution in [0.2, 0.25) is 5.02 Å². The van der Waals surface area contributed by atoms with Crippen molar-refractivity contribution in [2.75, 3.05) is 0 Å². The Labute approximate surface area is 78.4 Å². The van der Waals surface area contributed by atoms with Gasteiger partial charge >= 0.3 is 0 Å². The van der Waals surface area contributed by atoms with E-state index >= 15 is 0 Å². The molecule has 0 bridgehead atoms. The Morgan fingerprint density at radius 2 is 1.67 bits per heavy atom. The second-order valence-electron chi connectivity index (χ2n) is 2.38. The predicted molar refractivity (Wildman–Crippen MR) is 52.2 cm³/mol. The van der Waals surface area contributed by atoms with E-state index in [-0.39, 0.29) is 10.8 Å². The molecule has 0 amide bonds. The van der Waals surface area contributed by atoms with Gasteiger partial charge in [-0.25, -0.2) is 4.39 Å². The summed E-state index contributed by atoms with van der Waals surface area (Å²) in [5.74, 6) is -0.313. The van der Waals surface area contributed by atoms with Crippen molar-refractivity contribution in [1.29, 1.82) is 0 Å². The minimum atomic E-state index is -0.313. The molecule has 68 valence electrons. The third-order valence-electron chi connectivity index (χ3n) is 1.35. The van der Waals surface area contributed by atoms with Crippen LogP contribution in [0.3, 0.4) is 0 Å². The summed E-state index contributed by atoms with van der Waals surface area (Å²) >= 11 is 5.54. The highest BCUT2D eigenvalue weighted by Crippen LogP contribution is 2.19. The van der Waals surface area contributed by atoms with Crippen LogP contribution < -0.4 is 0 Å². The molecule has 0 spiro atoms. The average molecular weight is 189 g/mol. The molecular formula is C10H14ClF. The van der Waals surface area contributed by atoms with Crippen molar-refractivity contribution in [2.45, 2.75) is 27.7 Å². The van der Waals surface area contributed by atoms with Crippen molar-refractivity contribution in [3.05, 3.63) is 34.1 Å². The zero-order valence-corrected chi connectivity index (χ0v) is 8.67. The summed E-state index contributed by atoms with van der Waals surface area (Å²) in [6.07, 6.45) is 0. The van der Waals surface area contributed by atoms with Crippen LogP contribution in [0, 0.1) is 19.7 Å². The summed E-state index contributed by atoms with van der Waals surface area (Å²) < 4.78 is 12.8. The Kier molecular flexibility index (Phi) is 4.91. The van der Waals surface area contributed by atoms with Gasteiger partial charge in [-0.05, 0) is 31.0 Å². The molecule has 2 heteroatoms. The van der Waals surface area contributed by atoms with Crippen LogP contribution in [0.1, 0.15) is 25.0 Å². The highest BCUT2D eigenvalue weighted by Gasteiger charge is 2.02. The number of aryl methyl sites for hydroxylation is 2. The van der Waals surface area contributed by atoms with Crippen molar-refractivity contribution in [1.82, 2.24) is 0 Å². The number of benzene rings is 1. The Morgan fingerprint density at radius 3 is 2.08 bits per heavy atom.